The van der Waals surface area contributed by atoms with E-state index in [9.17, 15) is 14.9 Å². The maximum atomic E-state index is 12.5. The standard InChI is InChI=1S/C15H12ClNO3/c1-9-3-4-10(2)13(7-9)15(18)12-6-5-11(17(19)20)8-14(12)16/h3-8H,1-2H3. The van der Waals surface area contributed by atoms with Gasteiger partial charge in [-0.1, -0.05) is 29.3 Å². The highest BCUT2D eigenvalue weighted by Crippen LogP contribution is 2.26. The van der Waals surface area contributed by atoms with E-state index >= 15 is 0 Å². The molecule has 0 amide bonds. The van der Waals surface area contributed by atoms with Crippen LogP contribution in [0.2, 0.25) is 5.02 Å². The average Bonchev–Trinajstić information content (AvgIpc) is 2.40. The number of hydrogen-bond acceptors (Lipinski definition) is 3. The quantitative estimate of drug-likeness (QED) is 0.485. The van der Waals surface area contributed by atoms with Crippen molar-refractivity contribution in [2.45, 2.75) is 13.8 Å². The van der Waals surface area contributed by atoms with Gasteiger partial charge in [-0.3, -0.25) is 14.9 Å². The molecule has 0 aliphatic rings. The molecule has 4 nitrogen and oxygen atoms in total. The van der Waals surface area contributed by atoms with Crippen molar-refractivity contribution >= 4 is 23.1 Å². The van der Waals surface area contributed by atoms with Gasteiger partial charge in [-0.15, -0.1) is 0 Å². The summed E-state index contributed by atoms with van der Waals surface area (Å²) in [7, 11) is 0. The van der Waals surface area contributed by atoms with Crippen molar-refractivity contribution in [1.82, 2.24) is 0 Å². The molecule has 0 heterocycles. The van der Waals surface area contributed by atoms with Gasteiger partial charge in [0.05, 0.1) is 9.95 Å². The summed E-state index contributed by atoms with van der Waals surface area (Å²) in [5, 5.41) is 10.8. The number of nitro groups is 1. The van der Waals surface area contributed by atoms with Crippen LogP contribution in [0.5, 0.6) is 0 Å². The number of carbonyl (C=O) groups is 1. The van der Waals surface area contributed by atoms with E-state index in [0.29, 0.717) is 5.56 Å². The fraction of sp³-hybridized carbons (Fsp3) is 0.133. The van der Waals surface area contributed by atoms with E-state index < -0.39 is 4.92 Å². The number of non-ortho nitro benzene ring substituents is 1. The average molecular weight is 290 g/mol. The van der Waals surface area contributed by atoms with Crippen molar-refractivity contribution < 1.29 is 9.72 Å². The molecule has 102 valence electrons. The summed E-state index contributed by atoms with van der Waals surface area (Å²) < 4.78 is 0. The first kappa shape index (κ1) is 14.2. The molecule has 0 aromatic heterocycles. The van der Waals surface area contributed by atoms with Gasteiger partial charge in [0.2, 0.25) is 0 Å². The van der Waals surface area contributed by atoms with Crippen molar-refractivity contribution in [3.8, 4) is 0 Å². The highest BCUT2D eigenvalue weighted by molar-refractivity contribution is 6.35. The Hall–Kier alpha value is -2.20. The molecule has 0 saturated carbocycles. The summed E-state index contributed by atoms with van der Waals surface area (Å²) in [6.45, 7) is 3.74. The highest BCUT2D eigenvalue weighted by Gasteiger charge is 2.17. The second-order valence-corrected chi connectivity index (χ2v) is 4.98. The van der Waals surface area contributed by atoms with Gasteiger partial charge in [-0.25, -0.2) is 0 Å². The number of halogens is 1. The fourth-order valence-corrected chi connectivity index (χ4v) is 2.19. The van der Waals surface area contributed by atoms with E-state index in [1.54, 1.807) is 6.07 Å². The normalized spacial score (nSPS) is 10.3. The lowest BCUT2D eigenvalue weighted by Crippen LogP contribution is -2.05. The van der Waals surface area contributed by atoms with Crippen molar-refractivity contribution in [2.75, 3.05) is 0 Å². The van der Waals surface area contributed by atoms with Crippen LogP contribution >= 0.6 is 11.6 Å². The van der Waals surface area contributed by atoms with Crippen molar-refractivity contribution in [3.05, 3.63) is 73.8 Å². The second-order valence-electron chi connectivity index (χ2n) is 4.57. The van der Waals surface area contributed by atoms with Crippen LogP contribution in [0.25, 0.3) is 0 Å². The van der Waals surface area contributed by atoms with E-state index in [4.69, 9.17) is 11.6 Å². The third kappa shape index (κ3) is 2.70. The van der Waals surface area contributed by atoms with E-state index in [1.165, 1.54) is 18.2 Å². The maximum absolute atomic E-state index is 12.5. The van der Waals surface area contributed by atoms with E-state index in [0.717, 1.165) is 11.1 Å². The Morgan fingerprint density at radius 2 is 1.80 bits per heavy atom. The number of ketones is 1. The van der Waals surface area contributed by atoms with Gasteiger partial charge < -0.3 is 0 Å². The maximum Gasteiger partial charge on any atom is 0.270 e. The van der Waals surface area contributed by atoms with Crippen molar-refractivity contribution in [3.63, 3.8) is 0 Å². The van der Waals surface area contributed by atoms with E-state index in [2.05, 4.69) is 0 Å². The lowest BCUT2D eigenvalue weighted by molar-refractivity contribution is -0.384. The predicted octanol–water partition coefficient (Wildman–Crippen LogP) is 4.10. The largest absolute Gasteiger partial charge is 0.289 e. The van der Waals surface area contributed by atoms with Crippen LogP contribution in [0.4, 0.5) is 5.69 Å². The molecular formula is C15H12ClNO3. The first-order valence-corrected chi connectivity index (χ1v) is 6.34. The smallest absolute Gasteiger partial charge is 0.270 e. The SMILES string of the molecule is Cc1ccc(C)c(C(=O)c2ccc([N+](=O)[O-])cc2Cl)c1. The van der Waals surface area contributed by atoms with Crippen LogP contribution in [0.1, 0.15) is 27.0 Å². The molecule has 2 aromatic rings. The lowest BCUT2D eigenvalue weighted by atomic mass is 9.97. The molecule has 0 saturated heterocycles. The molecule has 2 aromatic carbocycles. The van der Waals surface area contributed by atoms with Crippen LogP contribution in [0.3, 0.4) is 0 Å². The summed E-state index contributed by atoms with van der Waals surface area (Å²) in [4.78, 5) is 22.6. The van der Waals surface area contributed by atoms with Crippen LogP contribution in [-0.4, -0.2) is 10.7 Å². The van der Waals surface area contributed by atoms with Gasteiger partial charge in [-0.05, 0) is 31.5 Å². The lowest BCUT2D eigenvalue weighted by Gasteiger charge is -2.07. The minimum Gasteiger partial charge on any atom is -0.289 e. The number of nitro benzene ring substituents is 1. The summed E-state index contributed by atoms with van der Waals surface area (Å²) in [5.74, 6) is -0.230. The second kappa shape index (κ2) is 5.43. The molecule has 0 spiro atoms. The minimum absolute atomic E-state index is 0.0881. The Bertz CT molecular complexity index is 710. The third-order valence-corrected chi connectivity index (χ3v) is 3.36. The zero-order valence-electron chi connectivity index (χ0n) is 11.0. The number of benzene rings is 2. The summed E-state index contributed by atoms with van der Waals surface area (Å²) in [6, 6.07) is 9.44. The number of hydrogen-bond donors (Lipinski definition) is 0. The Kier molecular flexibility index (Phi) is 3.86. The van der Waals surface area contributed by atoms with E-state index in [1.807, 2.05) is 26.0 Å². The number of nitrogens with zero attached hydrogens (tertiary/aromatic N) is 1. The number of aryl methyl sites for hydroxylation is 2. The molecule has 20 heavy (non-hydrogen) atoms. The van der Waals surface area contributed by atoms with Crippen molar-refractivity contribution in [1.29, 1.82) is 0 Å². The van der Waals surface area contributed by atoms with Crippen LogP contribution in [-0.2, 0) is 0 Å². The Labute approximate surface area is 121 Å². The van der Waals surface area contributed by atoms with Crippen molar-refractivity contribution in [2.24, 2.45) is 0 Å². The molecule has 0 N–H and O–H groups in total. The number of carbonyl (C=O) groups excluding carboxylic acids is 1. The Morgan fingerprint density at radius 1 is 1.10 bits per heavy atom. The molecule has 0 radical (unpaired) electrons. The zero-order valence-corrected chi connectivity index (χ0v) is 11.8. The molecular weight excluding hydrogens is 278 g/mol. The summed E-state index contributed by atoms with van der Waals surface area (Å²) >= 11 is 5.99. The first-order chi connectivity index (χ1) is 9.40. The molecule has 2 rings (SSSR count). The Morgan fingerprint density at radius 3 is 2.40 bits per heavy atom. The summed E-state index contributed by atoms with van der Waals surface area (Å²) in [6.07, 6.45) is 0. The molecule has 0 aliphatic heterocycles. The van der Waals surface area contributed by atoms with Gasteiger partial charge in [0.15, 0.2) is 5.78 Å². The van der Waals surface area contributed by atoms with Crippen LogP contribution in [0, 0.1) is 24.0 Å². The van der Waals surface area contributed by atoms with Gasteiger partial charge in [0.1, 0.15) is 0 Å². The molecule has 5 heteroatoms. The van der Waals surface area contributed by atoms with E-state index in [-0.39, 0.29) is 22.1 Å². The topological polar surface area (TPSA) is 60.2 Å². The zero-order chi connectivity index (χ0) is 14.9. The first-order valence-electron chi connectivity index (χ1n) is 5.96. The highest BCUT2D eigenvalue weighted by atomic mass is 35.5. The Balaban J connectivity index is 2.48. The fourth-order valence-electron chi connectivity index (χ4n) is 1.93. The van der Waals surface area contributed by atoms with Gasteiger partial charge in [0.25, 0.3) is 5.69 Å². The monoisotopic (exact) mass is 289 g/mol. The van der Waals surface area contributed by atoms with Crippen LogP contribution in [0.15, 0.2) is 36.4 Å². The molecule has 0 fully saturated rings. The van der Waals surface area contributed by atoms with Gasteiger partial charge >= 0.3 is 0 Å². The molecule has 0 aliphatic carbocycles. The predicted molar refractivity (Wildman–Crippen MR) is 77.5 cm³/mol. The number of rotatable bonds is 3. The molecule has 0 atom stereocenters. The molecule has 0 unspecified atom stereocenters. The van der Waals surface area contributed by atoms with Gasteiger partial charge in [0, 0.05) is 23.3 Å². The van der Waals surface area contributed by atoms with Gasteiger partial charge in [-0.2, -0.15) is 0 Å². The molecule has 0 bridgehead atoms. The summed E-state index contributed by atoms with van der Waals surface area (Å²) in [5.41, 5.74) is 2.51. The van der Waals surface area contributed by atoms with Crippen LogP contribution < -0.4 is 0 Å². The third-order valence-electron chi connectivity index (χ3n) is 3.05. The minimum atomic E-state index is -0.544.